The summed E-state index contributed by atoms with van der Waals surface area (Å²) in [7, 11) is 0. The van der Waals surface area contributed by atoms with E-state index in [2.05, 4.69) is 31.3 Å². The first-order valence-electron chi connectivity index (χ1n) is 5.76. The van der Waals surface area contributed by atoms with Crippen molar-refractivity contribution >= 4 is 40.2 Å². The number of rotatable bonds is 3. The van der Waals surface area contributed by atoms with Gasteiger partial charge in [0, 0.05) is 14.8 Å². The second-order valence-corrected chi connectivity index (χ2v) is 6.53. The lowest BCUT2D eigenvalue weighted by atomic mass is 10.2. The van der Waals surface area contributed by atoms with Crippen molar-refractivity contribution in [3.05, 3.63) is 49.6 Å². The first-order valence-corrected chi connectivity index (χ1v) is 7.33. The van der Waals surface area contributed by atoms with Gasteiger partial charge in [0.25, 0.3) is 0 Å². The molecule has 0 saturated heterocycles. The van der Waals surface area contributed by atoms with E-state index < -0.39 is 0 Å². The third-order valence-corrected chi connectivity index (χ3v) is 4.71. The minimum Gasteiger partial charge on any atom is -0.376 e. The van der Waals surface area contributed by atoms with Gasteiger partial charge in [-0.3, -0.25) is 0 Å². The van der Waals surface area contributed by atoms with Gasteiger partial charge >= 0.3 is 0 Å². The maximum atomic E-state index is 6.22. The SMILES string of the molecule is Cc1ccc(C(C)Nc2cc(Cl)c(C)cc2Cl)s1. The lowest BCUT2D eigenvalue weighted by Crippen LogP contribution is -2.05. The van der Waals surface area contributed by atoms with Gasteiger partial charge in [0.05, 0.1) is 16.8 Å². The number of benzene rings is 1. The Hall–Kier alpha value is -0.700. The molecule has 0 fully saturated rings. The Bertz CT molecular complexity index is 563. The van der Waals surface area contributed by atoms with Crippen molar-refractivity contribution in [3.8, 4) is 0 Å². The van der Waals surface area contributed by atoms with E-state index in [9.17, 15) is 0 Å². The summed E-state index contributed by atoms with van der Waals surface area (Å²) >= 11 is 14.1. The van der Waals surface area contributed by atoms with Gasteiger partial charge in [0.15, 0.2) is 0 Å². The van der Waals surface area contributed by atoms with Gasteiger partial charge in [0.1, 0.15) is 0 Å². The van der Waals surface area contributed by atoms with Crippen LogP contribution < -0.4 is 5.32 Å². The predicted molar refractivity (Wildman–Crippen MR) is 82.3 cm³/mol. The first-order chi connectivity index (χ1) is 8.47. The van der Waals surface area contributed by atoms with Crippen LogP contribution in [0.4, 0.5) is 5.69 Å². The molecule has 0 aliphatic rings. The Morgan fingerprint density at radius 3 is 2.44 bits per heavy atom. The van der Waals surface area contributed by atoms with Crippen LogP contribution in [0.2, 0.25) is 10.0 Å². The summed E-state index contributed by atoms with van der Waals surface area (Å²) in [6.07, 6.45) is 0. The summed E-state index contributed by atoms with van der Waals surface area (Å²) < 4.78 is 0. The van der Waals surface area contributed by atoms with Crippen LogP contribution in [-0.2, 0) is 0 Å². The van der Waals surface area contributed by atoms with E-state index in [1.54, 1.807) is 11.3 Å². The molecule has 1 unspecified atom stereocenters. The average molecular weight is 300 g/mol. The fraction of sp³-hybridized carbons (Fsp3) is 0.286. The maximum absolute atomic E-state index is 6.22. The zero-order valence-electron chi connectivity index (χ0n) is 10.6. The van der Waals surface area contributed by atoms with E-state index >= 15 is 0 Å². The summed E-state index contributed by atoms with van der Waals surface area (Å²) in [5, 5.41) is 4.84. The van der Waals surface area contributed by atoms with Gasteiger partial charge in [-0.1, -0.05) is 23.2 Å². The molecular formula is C14H15Cl2NS. The second-order valence-electron chi connectivity index (χ2n) is 4.40. The average Bonchev–Trinajstić information content (AvgIpc) is 2.73. The zero-order chi connectivity index (χ0) is 13.3. The van der Waals surface area contributed by atoms with Crippen molar-refractivity contribution in [2.45, 2.75) is 26.8 Å². The van der Waals surface area contributed by atoms with E-state index in [0.29, 0.717) is 5.02 Å². The zero-order valence-corrected chi connectivity index (χ0v) is 12.9. The number of hydrogen-bond donors (Lipinski definition) is 1. The molecule has 0 bridgehead atoms. The molecule has 2 aromatic rings. The van der Waals surface area contributed by atoms with Crippen molar-refractivity contribution in [3.63, 3.8) is 0 Å². The lowest BCUT2D eigenvalue weighted by molar-refractivity contribution is 0.908. The van der Waals surface area contributed by atoms with Crippen LogP contribution in [0.25, 0.3) is 0 Å². The number of halogens is 2. The normalized spacial score (nSPS) is 12.5. The highest BCUT2D eigenvalue weighted by Gasteiger charge is 2.11. The molecule has 0 saturated carbocycles. The van der Waals surface area contributed by atoms with Gasteiger partial charge in [-0.2, -0.15) is 0 Å². The van der Waals surface area contributed by atoms with Gasteiger partial charge in [-0.25, -0.2) is 0 Å². The highest BCUT2D eigenvalue weighted by Crippen LogP contribution is 2.32. The number of thiophene rings is 1. The third kappa shape index (κ3) is 3.00. The number of nitrogens with one attached hydrogen (secondary N) is 1. The largest absolute Gasteiger partial charge is 0.376 e. The monoisotopic (exact) mass is 299 g/mol. The van der Waals surface area contributed by atoms with E-state index in [1.165, 1.54) is 9.75 Å². The van der Waals surface area contributed by atoms with E-state index in [0.717, 1.165) is 16.3 Å². The Kier molecular flexibility index (Phi) is 4.21. The van der Waals surface area contributed by atoms with Crippen LogP contribution in [0.1, 0.15) is 28.3 Å². The van der Waals surface area contributed by atoms with Crippen molar-refractivity contribution in [1.29, 1.82) is 0 Å². The summed E-state index contributed by atoms with van der Waals surface area (Å²) in [5.41, 5.74) is 1.87. The van der Waals surface area contributed by atoms with Crippen LogP contribution in [0, 0.1) is 13.8 Å². The third-order valence-electron chi connectivity index (χ3n) is 2.81. The van der Waals surface area contributed by atoms with E-state index in [1.807, 2.05) is 19.1 Å². The Morgan fingerprint density at radius 2 is 1.83 bits per heavy atom. The quantitative estimate of drug-likeness (QED) is 0.750. The smallest absolute Gasteiger partial charge is 0.0641 e. The molecule has 0 amide bonds. The van der Waals surface area contributed by atoms with Gasteiger partial charge in [0.2, 0.25) is 0 Å². The molecule has 0 aliphatic heterocycles. The minimum absolute atomic E-state index is 0.222. The van der Waals surface area contributed by atoms with Gasteiger partial charge in [-0.15, -0.1) is 11.3 Å². The van der Waals surface area contributed by atoms with Crippen molar-refractivity contribution in [2.24, 2.45) is 0 Å². The summed E-state index contributed by atoms with van der Waals surface area (Å²) in [4.78, 5) is 2.60. The van der Waals surface area contributed by atoms with Gasteiger partial charge < -0.3 is 5.32 Å². The fourth-order valence-electron chi connectivity index (χ4n) is 1.75. The molecule has 4 heteroatoms. The van der Waals surface area contributed by atoms with Crippen LogP contribution >= 0.6 is 34.5 Å². The molecule has 0 radical (unpaired) electrons. The van der Waals surface area contributed by atoms with Crippen LogP contribution in [-0.4, -0.2) is 0 Å². The molecule has 1 nitrogen and oxygen atoms in total. The maximum Gasteiger partial charge on any atom is 0.0641 e. The van der Waals surface area contributed by atoms with Crippen LogP contribution in [0.3, 0.4) is 0 Å². The number of hydrogen-bond acceptors (Lipinski definition) is 2. The highest BCUT2D eigenvalue weighted by atomic mass is 35.5. The summed E-state index contributed by atoms with van der Waals surface area (Å²) in [5.74, 6) is 0. The molecule has 2 rings (SSSR count). The molecular weight excluding hydrogens is 285 g/mol. The van der Waals surface area contributed by atoms with Gasteiger partial charge in [-0.05, 0) is 50.6 Å². The topological polar surface area (TPSA) is 12.0 Å². The lowest BCUT2D eigenvalue weighted by Gasteiger charge is -2.16. The number of anilines is 1. The van der Waals surface area contributed by atoms with E-state index in [4.69, 9.17) is 23.2 Å². The molecule has 1 N–H and O–H groups in total. The standard InChI is InChI=1S/C14H15Cl2NS/c1-8-6-12(16)13(7-11(8)15)17-10(3)14-5-4-9(2)18-14/h4-7,10,17H,1-3H3. The molecule has 0 aliphatic carbocycles. The van der Waals surface area contributed by atoms with Crippen LogP contribution in [0.15, 0.2) is 24.3 Å². The Balaban J connectivity index is 2.21. The van der Waals surface area contributed by atoms with Crippen molar-refractivity contribution < 1.29 is 0 Å². The molecule has 1 aromatic carbocycles. The second kappa shape index (κ2) is 5.52. The van der Waals surface area contributed by atoms with E-state index in [-0.39, 0.29) is 6.04 Å². The summed E-state index contributed by atoms with van der Waals surface area (Å²) in [6, 6.07) is 8.26. The highest BCUT2D eigenvalue weighted by molar-refractivity contribution is 7.12. The minimum atomic E-state index is 0.222. The molecule has 0 spiro atoms. The molecule has 18 heavy (non-hydrogen) atoms. The number of aryl methyl sites for hydroxylation is 2. The Labute approximate surface area is 122 Å². The Morgan fingerprint density at radius 1 is 1.11 bits per heavy atom. The van der Waals surface area contributed by atoms with Crippen LogP contribution in [0.5, 0.6) is 0 Å². The first kappa shape index (κ1) is 13.7. The fourth-order valence-corrected chi connectivity index (χ4v) is 3.06. The molecule has 1 heterocycles. The molecule has 96 valence electrons. The molecule has 1 atom stereocenters. The summed E-state index contributed by atoms with van der Waals surface area (Å²) in [6.45, 7) is 6.18. The predicted octanol–water partition coefficient (Wildman–Crippen LogP) is 5.84. The molecule has 1 aromatic heterocycles. The van der Waals surface area contributed by atoms with Crippen molar-refractivity contribution in [1.82, 2.24) is 0 Å². The van der Waals surface area contributed by atoms with Crippen molar-refractivity contribution in [2.75, 3.05) is 5.32 Å².